The first-order chi connectivity index (χ1) is 2.00. The van der Waals surface area contributed by atoms with Crippen molar-refractivity contribution in [3.05, 3.63) is 0 Å². The van der Waals surface area contributed by atoms with Gasteiger partial charge in [-0.2, -0.15) is 0 Å². The molecule has 0 aromatic heterocycles. The summed E-state index contributed by atoms with van der Waals surface area (Å²) < 4.78 is 0. The van der Waals surface area contributed by atoms with Crippen molar-refractivity contribution in [1.82, 2.24) is 0 Å². The van der Waals surface area contributed by atoms with Crippen LogP contribution in [0.2, 0.25) is 0 Å². The van der Waals surface area contributed by atoms with Crippen LogP contribution in [0.15, 0.2) is 0 Å². The number of hydrogen-bond acceptors (Lipinski definition) is 0. The molecular formula is H6Br4CrO3. The SMILES string of the molecule is O.O.O.[Br][Cr]([Br])([Br])[Br]. The van der Waals surface area contributed by atoms with E-state index in [1.54, 1.807) is 0 Å². The summed E-state index contributed by atoms with van der Waals surface area (Å²) in [6.45, 7) is 0. The van der Waals surface area contributed by atoms with Crippen LogP contribution in [-0.2, 0) is 5.77 Å². The fraction of sp³-hybridized carbons (Fsp3) is 0. The Labute approximate surface area is 77.4 Å². The Morgan fingerprint density at radius 1 is 0.625 bits per heavy atom. The standard InChI is InChI=1S/4BrH.Cr.3H2O/h4*1H;;3*1H2/q;;;;+4;;;/p-4. The maximum atomic E-state index is 3.28. The molecule has 8 heteroatoms. The Morgan fingerprint density at radius 2 is 0.625 bits per heavy atom. The van der Waals surface area contributed by atoms with Crippen LogP contribution in [0.25, 0.3) is 0 Å². The average molecular weight is 426 g/mol. The Hall–Kier alpha value is 2.33. The van der Waals surface area contributed by atoms with Gasteiger partial charge in [0.15, 0.2) is 0 Å². The number of hydrogen-bond donors (Lipinski definition) is 0. The predicted molar refractivity (Wildman–Crippen MR) is 46.5 cm³/mol. The molecule has 6 N–H and O–H groups in total. The van der Waals surface area contributed by atoms with Crippen molar-refractivity contribution in [2.45, 2.75) is 0 Å². The zero-order valence-electron chi connectivity index (χ0n) is 3.42. The van der Waals surface area contributed by atoms with Crippen LogP contribution in [-0.4, -0.2) is 16.4 Å². The van der Waals surface area contributed by atoms with E-state index in [1.807, 2.05) is 0 Å². The van der Waals surface area contributed by atoms with Crippen LogP contribution in [0.5, 0.6) is 0 Å². The van der Waals surface area contributed by atoms with E-state index in [9.17, 15) is 0 Å². The van der Waals surface area contributed by atoms with E-state index >= 15 is 0 Å². The molecular weight excluding hydrogens is 420 g/mol. The van der Waals surface area contributed by atoms with Crippen molar-refractivity contribution in [1.29, 1.82) is 0 Å². The predicted octanol–water partition coefficient (Wildman–Crippen LogP) is 0.906. The zero-order valence-corrected chi connectivity index (χ0v) is 11.0. The average Bonchev–Trinajstić information content (AvgIpc) is 0.722. The molecule has 0 aromatic carbocycles. The van der Waals surface area contributed by atoms with Gasteiger partial charge in [-0.15, -0.1) is 0 Å². The second-order valence-corrected chi connectivity index (χ2v) is 39.0. The van der Waals surface area contributed by atoms with Crippen LogP contribution in [0.4, 0.5) is 0 Å². The van der Waals surface area contributed by atoms with Gasteiger partial charge >= 0.3 is 62.0 Å². The Bertz CT molecular complexity index is 26.8. The van der Waals surface area contributed by atoms with Crippen LogP contribution < -0.4 is 0 Å². The molecule has 0 radical (unpaired) electrons. The quantitative estimate of drug-likeness (QED) is 0.551. The van der Waals surface area contributed by atoms with Gasteiger partial charge < -0.3 is 16.4 Å². The van der Waals surface area contributed by atoms with Gasteiger partial charge in [0.05, 0.1) is 0 Å². The van der Waals surface area contributed by atoms with Crippen LogP contribution >= 0.6 is 56.2 Å². The van der Waals surface area contributed by atoms with Gasteiger partial charge in [-0.1, -0.05) is 0 Å². The van der Waals surface area contributed by atoms with Crippen LogP contribution in [0.1, 0.15) is 0 Å². The van der Waals surface area contributed by atoms with Gasteiger partial charge in [-0.25, -0.2) is 0 Å². The van der Waals surface area contributed by atoms with Crippen LogP contribution in [0, 0.1) is 0 Å². The third-order valence-electron chi connectivity index (χ3n) is 0. The van der Waals surface area contributed by atoms with E-state index < -0.39 is 5.77 Å². The molecule has 0 rings (SSSR count). The minimum absolute atomic E-state index is 0. The summed E-state index contributed by atoms with van der Waals surface area (Å²) in [5, 5.41) is 0. The van der Waals surface area contributed by atoms with Crippen molar-refractivity contribution in [2.24, 2.45) is 0 Å². The minimum atomic E-state index is -1.50. The van der Waals surface area contributed by atoms with Crippen LogP contribution in [0.3, 0.4) is 0 Å². The summed E-state index contributed by atoms with van der Waals surface area (Å²) in [6, 6.07) is 0. The zero-order chi connectivity index (χ0) is 4.50. The van der Waals surface area contributed by atoms with Crippen molar-refractivity contribution < 1.29 is 22.2 Å². The van der Waals surface area contributed by atoms with Gasteiger partial charge in [0, 0.05) is 0 Å². The van der Waals surface area contributed by atoms with Gasteiger partial charge in [0.25, 0.3) is 0 Å². The fourth-order valence-corrected chi connectivity index (χ4v) is 0. The molecule has 0 aliphatic rings. The number of halogens is 4. The molecule has 0 saturated carbocycles. The van der Waals surface area contributed by atoms with E-state index in [0.29, 0.717) is 0 Å². The molecule has 0 spiro atoms. The molecule has 3 nitrogen and oxygen atoms in total. The topological polar surface area (TPSA) is 94.5 Å². The molecule has 0 aliphatic heterocycles. The molecule has 0 bridgehead atoms. The summed E-state index contributed by atoms with van der Waals surface area (Å²) in [5.74, 6) is -1.50. The van der Waals surface area contributed by atoms with Crippen molar-refractivity contribution in [2.75, 3.05) is 0 Å². The van der Waals surface area contributed by atoms with Crippen molar-refractivity contribution >= 4 is 56.2 Å². The molecule has 0 fully saturated rings. The Kier molecular flexibility index (Phi) is 26.2. The Balaban J connectivity index is -0.0000000267. The summed E-state index contributed by atoms with van der Waals surface area (Å²) in [7, 11) is 0. The summed E-state index contributed by atoms with van der Waals surface area (Å²) in [5.41, 5.74) is 0. The van der Waals surface area contributed by atoms with E-state index in [1.165, 1.54) is 0 Å². The molecule has 0 unspecified atom stereocenters. The van der Waals surface area contributed by atoms with Crippen molar-refractivity contribution in [3.63, 3.8) is 0 Å². The molecule has 0 aliphatic carbocycles. The van der Waals surface area contributed by atoms with E-state index in [0.717, 1.165) is 0 Å². The van der Waals surface area contributed by atoms with Crippen molar-refractivity contribution in [3.8, 4) is 0 Å². The summed E-state index contributed by atoms with van der Waals surface area (Å²) in [6.07, 6.45) is 0. The molecule has 0 aromatic rings. The second kappa shape index (κ2) is 9.33. The van der Waals surface area contributed by atoms with E-state index in [4.69, 9.17) is 0 Å². The molecule has 0 amide bonds. The molecule has 8 heavy (non-hydrogen) atoms. The fourth-order valence-electron chi connectivity index (χ4n) is 0. The molecule has 0 atom stereocenters. The van der Waals surface area contributed by atoms with Gasteiger partial charge in [0.2, 0.25) is 0 Å². The first-order valence-corrected chi connectivity index (χ1v) is 13.2. The summed E-state index contributed by atoms with van der Waals surface area (Å²) >= 11 is 13.1. The first-order valence-electron chi connectivity index (χ1n) is 0.617. The van der Waals surface area contributed by atoms with E-state index in [2.05, 4.69) is 56.2 Å². The first kappa shape index (κ1) is 22.4. The molecule has 0 heterocycles. The third-order valence-corrected chi connectivity index (χ3v) is 0. The van der Waals surface area contributed by atoms with Gasteiger partial charge in [-0.3, -0.25) is 0 Å². The second-order valence-electron chi connectivity index (χ2n) is 0.350. The number of rotatable bonds is 0. The molecule has 58 valence electrons. The summed E-state index contributed by atoms with van der Waals surface area (Å²) in [4.78, 5) is 0. The normalized spacial score (nSPS) is 9.50. The molecule has 0 saturated heterocycles. The maximum absolute atomic E-state index is 3.28. The monoisotopic (exact) mass is 422 g/mol. The van der Waals surface area contributed by atoms with E-state index in [-0.39, 0.29) is 16.4 Å². The third kappa shape index (κ3) is 82.3. The van der Waals surface area contributed by atoms with Gasteiger partial charge in [-0.05, 0) is 0 Å². The Morgan fingerprint density at radius 3 is 0.625 bits per heavy atom. The van der Waals surface area contributed by atoms with Gasteiger partial charge in [0.1, 0.15) is 0 Å².